The van der Waals surface area contributed by atoms with Gasteiger partial charge in [0.05, 0.1) is 0 Å². The molecule has 1 heterocycles. The van der Waals surface area contributed by atoms with Crippen LogP contribution in [0.3, 0.4) is 0 Å². The third kappa shape index (κ3) is 3.68. The first-order valence-electron chi connectivity index (χ1n) is 6.66. The average Bonchev–Trinajstić information content (AvgIpc) is 2.45. The van der Waals surface area contributed by atoms with Crippen molar-refractivity contribution in [3.8, 4) is 0 Å². The Balaban J connectivity index is 1.97. The van der Waals surface area contributed by atoms with Crippen LogP contribution in [0, 0.1) is 0 Å². The summed E-state index contributed by atoms with van der Waals surface area (Å²) in [5.74, 6) is -0.441. The summed E-state index contributed by atoms with van der Waals surface area (Å²) in [6.45, 7) is 4.34. The number of nitrogens with zero attached hydrogens (tertiary/aromatic N) is 1. The predicted molar refractivity (Wildman–Crippen MR) is 78.0 cm³/mol. The van der Waals surface area contributed by atoms with Gasteiger partial charge >= 0.3 is 0 Å². The van der Waals surface area contributed by atoms with Crippen molar-refractivity contribution in [1.82, 2.24) is 10.2 Å². The summed E-state index contributed by atoms with van der Waals surface area (Å²) in [5, 5.41) is 3.30. The van der Waals surface area contributed by atoms with E-state index in [-0.39, 0.29) is 5.91 Å². The molecule has 106 valence electrons. The maximum atomic E-state index is 12.0. The quantitative estimate of drug-likeness (QED) is 0.793. The Morgan fingerprint density at radius 3 is 2.65 bits per heavy atom. The van der Waals surface area contributed by atoms with Crippen LogP contribution in [0.15, 0.2) is 30.3 Å². The van der Waals surface area contributed by atoms with E-state index in [1.807, 2.05) is 4.90 Å². The topological polar surface area (TPSA) is 75.4 Å². The Morgan fingerprint density at radius 2 is 2.05 bits per heavy atom. The highest BCUT2D eigenvalue weighted by molar-refractivity contribution is 5.94. The van der Waals surface area contributed by atoms with Gasteiger partial charge < -0.3 is 16.0 Å². The monoisotopic (exact) mass is 273 g/mol. The van der Waals surface area contributed by atoms with Crippen LogP contribution in [0.4, 0.5) is 0 Å². The number of benzene rings is 1. The number of hydrogen-bond acceptors (Lipinski definition) is 3. The number of primary amides is 1. The second-order valence-corrected chi connectivity index (χ2v) is 4.96. The largest absolute Gasteiger partial charge is 0.366 e. The van der Waals surface area contributed by atoms with Crippen molar-refractivity contribution >= 4 is 17.9 Å². The summed E-state index contributed by atoms with van der Waals surface area (Å²) >= 11 is 0. The lowest BCUT2D eigenvalue weighted by molar-refractivity contribution is -0.127. The summed E-state index contributed by atoms with van der Waals surface area (Å²) < 4.78 is 0. The van der Waals surface area contributed by atoms with E-state index in [9.17, 15) is 9.59 Å². The van der Waals surface area contributed by atoms with E-state index in [0.29, 0.717) is 11.6 Å². The standard InChI is InChI=1S/C15H19N3O2/c1-11-10-18(9-8-17-11)14(19)7-4-12-2-5-13(6-3-12)15(16)20/h2-7,11,17H,8-10H2,1H3,(H2,16,20)/b7-4+. The maximum absolute atomic E-state index is 12.0. The zero-order chi connectivity index (χ0) is 14.5. The molecule has 0 aliphatic carbocycles. The number of rotatable bonds is 3. The highest BCUT2D eigenvalue weighted by atomic mass is 16.2. The molecule has 1 saturated heterocycles. The molecule has 1 aliphatic rings. The van der Waals surface area contributed by atoms with Gasteiger partial charge in [0, 0.05) is 37.3 Å². The second-order valence-electron chi connectivity index (χ2n) is 4.96. The van der Waals surface area contributed by atoms with E-state index >= 15 is 0 Å². The van der Waals surface area contributed by atoms with Gasteiger partial charge in [0.1, 0.15) is 0 Å². The first-order valence-corrected chi connectivity index (χ1v) is 6.66. The molecule has 1 aromatic carbocycles. The molecular weight excluding hydrogens is 254 g/mol. The molecule has 0 bridgehead atoms. The van der Waals surface area contributed by atoms with Crippen molar-refractivity contribution in [2.45, 2.75) is 13.0 Å². The Morgan fingerprint density at radius 1 is 1.35 bits per heavy atom. The number of amides is 2. The van der Waals surface area contributed by atoms with E-state index in [2.05, 4.69) is 12.2 Å². The molecule has 2 amide bonds. The molecule has 1 aliphatic heterocycles. The van der Waals surface area contributed by atoms with E-state index in [0.717, 1.165) is 25.2 Å². The van der Waals surface area contributed by atoms with Crippen molar-refractivity contribution in [2.24, 2.45) is 5.73 Å². The lowest BCUT2D eigenvalue weighted by Gasteiger charge is -2.31. The van der Waals surface area contributed by atoms with Crippen LogP contribution in [0.1, 0.15) is 22.8 Å². The first kappa shape index (κ1) is 14.3. The molecule has 20 heavy (non-hydrogen) atoms. The fourth-order valence-corrected chi connectivity index (χ4v) is 2.16. The van der Waals surface area contributed by atoms with Crippen molar-refractivity contribution in [2.75, 3.05) is 19.6 Å². The Labute approximate surface area is 118 Å². The molecule has 0 saturated carbocycles. The molecular formula is C15H19N3O2. The normalized spacial score (nSPS) is 19.2. The highest BCUT2D eigenvalue weighted by Crippen LogP contribution is 2.07. The van der Waals surface area contributed by atoms with Gasteiger partial charge in [0.15, 0.2) is 0 Å². The minimum absolute atomic E-state index is 0.0114. The number of piperazine rings is 1. The van der Waals surface area contributed by atoms with Gasteiger partial charge in [0.2, 0.25) is 11.8 Å². The summed E-state index contributed by atoms with van der Waals surface area (Å²) in [7, 11) is 0. The predicted octanol–water partition coefficient (Wildman–Crippen LogP) is 0.619. The van der Waals surface area contributed by atoms with E-state index in [1.54, 1.807) is 36.4 Å². The second kappa shape index (κ2) is 6.34. The van der Waals surface area contributed by atoms with Crippen molar-refractivity contribution < 1.29 is 9.59 Å². The number of nitrogens with one attached hydrogen (secondary N) is 1. The molecule has 5 nitrogen and oxygen atoms in total. The van der Waals surface area contributed by atoms with E-state index < -0.39 is 5.91 Å². The Hall–Kier alpha value is -2.14. The molecule has 1 fully saturated rings. The fourth-order valence-electron chi connectivity index (χ4n) is 2.16. The van der Waals surface area contributed by atoms with Crippen LogP contribution < -0.4 is 11.1 Å². The molecule has 0 spiro atoms. The zero-order valence-corrected chi connectivity index (χ0v) is 11.5. The molecule has 0 radical (unpaired) electrons. The van der Waals surface area contributed by atoms with Crippen LogP contribution in [0.2, 0.25) is 0 Å². The summed E-state index contributed by atoms with van der Waals surface area (Å²) in [6.07, 6.45) is 3.32. The van der Waals surface area contributed by atoms with Crippen LogP contribution in [-0.2, 0) is 4.79 Å². The van der Waals surface area contributed by atoms with E-state index in [4.69, 9.17) is 5.73 Å². The highest BCUT2D eigenvalue weighted by Gasteiger charge is 2.18. The van der Waals surface area contributed by atoms with Gasteiger partial charge in [-0.2, -0.15) is 0 Å². The molecule has 0 aromatic heterocycles. The molecule has 1 unspecified atom stereocenters. The Kier molecular flexibility index (Phi) is 4.53. The van der Waals surface area contributed by atoms with Crippen LogP contribution in [0.5, 0.6) is 0 Å². The van der Waals surface area contributed by atoms with Crippen molar-refractivity contribution in [3.63, 3.8) is 0 Å². The lowest BCUT2D eigenvalue weighted by atomic mass is 10.1. The van der Waals surface area contributed by atoms with Crippen LogP contribution in [-0.4, -0.2) is 42.4 Å². The average molecular weight is 273 g/mol. The van der Waals surface area contributed by atoms with Crippen molar-refractivity contribution in [1.29, 1.82) is 0 Å². The molecule has 1 aromatic rings. The maximum Gasteiger partial charge on any atom is 0.248 e. The summed E-state index contributed by atoms with van der Waals surface area (Å²) in [4.78, 5) is 24.8. The van der Waals surface area contributed by atoms with Gasteiger partial charge in [0.25, 0.3) is 0 Å². The fraction of sp³-hybridized carbons (Fsp3) is 0.333. The molecule has 1 atom stereocenters. The minimum atomic E-state index is -0.452. The van der Waals surface area contributed by atoms with Gasteiger partial charge in [-0.3, -0.25) is 9.59 Å². The smallest absolute Gasteiger partial charge is 0.248 e. The van der Waals surface area contributed by atoms with E-state index in [1.165, 1.54) is 0 Å². The Bertz CT molecular complexity index is 522. The SMILES string of the molecule is CC1CN(C(=O)/C=C/c2ccc(C(N)=O)cc2)CCN1. The summed E-state index contributed by atoms with van der Waals surface area (Å²) in [6, 6.07) is 7.17. The number of carbonyl (C=O) groups excluding carboxylic acids is 2. The summed E-state index contributed by atoms with van der Waals surface area (Å²) in [5.41, 5.74) is 6.50. The van der Waals surface area contributed by atoms with Crippen LogP contribution in [0.25, 0.3) is 6.08 Å². The van der Waals surface area contributed by atoms with Crippen LogP contribution >= 0.6 is 0 Å². The third-order valence-corrected chi connectivity index (χ3v) is 3.29. The van der Waals surface area contributed by atoms with Gasteiger partial charge in [-0.25, -0.2) is 0 Å². The molecule has 5 heteroatoms. The lowest BCUT2D eigenvalue weighted by Crippen LogP contribution is -2.50. The third-order valence-electron chi connectivity index (χ3n) is 3.29. The van der Waals surface area contributed by atoms with Crippen molar-refractivity contribution in [3.05, 3.63) is 41.5 Å². The van der Waals surface area contributed by atoms with Gasteiger partial charge in [-0.1, -0.05) is 12.1 Å². The minimum Gasteiger partial charge on any atom is -0.366 e. The molecule has 2 rings (SSSR count). The number of hydrogen-bond donors (Lipinski definition) is 2. The molecule has 3 N–H and O–H groups in total. The van der Waals surface area contributed by atoms with Gasteiger partial charge in [-0.05, 0) is 30.7 Å². The number of nitrogens with two attached hydrogens (primary N) is 1. The van der Waals surface area contributed by atoms with Gasteiger partial charge in [-0.15, -0.1) is 0 Å². The number of carbonyl (C=O) groups is 2. The first-order chi connectivity index (χ1) is 9.56. The zero-order valence-electron chi connectivity index (χ0n) is 11.5.